The Labute approximate surface area is 244 Å². The molecule has 1 aromatic carbocycles. The summed E-state index contributed by atoms with van der Waals surface area (Å²) in [5.41, 5.74) is 2.95. The number of anilines is 3. The summed E-state index contributed by atoms with van der Waals surface area (Å²) in [6.07, 6.45) is 3.41. The van der Waals surface area contributed by atoms with Crippen LogP contribution in [0, 0.1) is 24.1 Å². The van der Waals surface area contributed by atoms with Gasteiger partial charge in [0, 0.05) is 0 Å². The van der Waals surface area contributed by atoms with Gasteiger partial charge in [0.2, 0.25) is 0 Å². The Kier molecular flexibility index (Phi) is 6.39. The van der Waals surface area contributed by atoms with E-state index < -0.39 is 0 Å². The van der Waals surface area contributed by atoms with Gasteiger partial charge in [-0.05, 0) is 19.1 Å². The van der Waals surface area contributed by atoms with Crippen LogP contribution < -0.4 is 19.2 Å². The maximum absolute atomic E-state index is 14.2. The zero-order valence-corrected chi connectivity index (χ0v) is 24.9. The fourth-order valence-corrected chi connectivity index (χ4v) is 6.45. The van der Waals surface area contributed by atoms with Crippen molar-refractivity contribution in [3.05, 3.63) is 65.5 Å². The summed E-state index contributed by atoms with van der Waals surface area (Å²) in [7, 11) is 0. The van der Waals surface area contributed by atoms with E-state index in [0.717, 1.165) is 84.1 Å². The van der Waals surface area contributed by atoms with E-state index in [1.54, 1.807) is 10.6 Å². The molecule has 0 aliphatic carbocycles. The monoisotopic (exact) mass is 611 g/mol. The largest absolute Gasteiger partial charge is 0.196 e. The van der Waals surface area contributed by atoms with Gasteiger partial charge < -0.3 is 0 Å². The molecule has 11 nitrogen and oxygen atoms in total. The molecule has 0 bridgehead atoms. The topological polar surface area (TPSA) is 115 Å². The van der Waals surface area contributed by atoms with Crippen molar-refractivity contribution in [3.8, 4) is 6.07 Å². The molecule has 2 aliphatic rings. The third kappa shape index (κ3) is 4.50. The van der Waals surface area contributed by atoms with Crippen molar-refractivity contribution in [3.63, 3.8) is 0 Å². The molecule has 0 amide bonds. The first-order chi connectivity index (χ1) is 20.0. The Morgan fingerprint density at radius 1 is 0.976 bits per heavy atom. The van der Waals surface area contributed by atoms with Gasteiger partial charge in [-0.15, -0.1) is 15.3 Å². The van der Waals surface area contributed by atoms with Gasteiger partial charge in [0.25, 0.3) is 0 Å². The van der Waals surface area contributed by atoms with E-state index in [2.05, 4.69) is 47.0 Å². The van der Waals surface area contributed by atoms with Crippen LogP contribution in [0.3, 0.4) is 0 Å². The van der Waals surface area contributed by atoms with Crippen LogP contribution in [-0.2, 0) is 0 Å². The van der Waals surface area contributed by atoms with Crippen molar-refractivity contribution >= 4 is 55.3 Å². The molecule has 0 N–H and O–H groups in total. The molecular formula is C28H27AsFN11. The summed E-state index contributed by atoms with van der Waals surface area (Å²) in [4.78, 5) is 20.6. The van der Waals surface area contributed by atoms with E-state index in [9.17, 15) is 9.65 Å². The number of rotatable bonds is 4. The minimum Gasteiger partial charge on any atom is -0.196 e. The molecule has 0 spiro atoms. The number of piperazine rings is 1. The predicted molar refractivity (Wildman–Crippen MR) is 156 cm³/mol. The number of halogens is 1. The maximum atomic E-state index is 14.2. The van der Waals surface area contributed by atoms with Gasteiger partial charge in [-0.1, -0.05) is 0 Å². The van der Waals surface area contributed by atoms with Crippen molar-refractivity contribution in [1.82, 2.24) is 34.8 Å². The summed E-state index contributed by atoms with van der Waals surface area (Å²) < 4.78 is 16.7. The van der Waals surface area contributed by atoms with Crippen molar-refractivity contribution in [2.24, 2.45) is 0 Å². The number of nitrogens with zero attached hydrogens (tertiary/aromatic N) is 11. The molecule has 4 aromatic heterocycles. The Hall–Kier alpha value is -4.36. The summed E-state index contributed by atoms with van der Waals surface area (Å²) in [5.74, 6) is 2.84. The maximum Gasteiger partial charge on any atom is -0.147 e. The van der Waals surface area contributed by atoms with Crippen LogP contribution in [0.15, 0.2) is 42.7 Å². The quantitative estimate of drug-likeness (QED) is 0.278. The van der Waals surface area contributed by atoms with Gasteiger partial charge in [-0.3, -0.25) is 0 Å². The van der Waals surface area contributed by atoms with Gasteiger partial charge in [-0.25, -0.2) is 0 Å². The number of benzene rings is 1. The minimum atomic E-state index is -0.307. The molecule has 7 rings (SSSR count). The zero-order chi connectivity index (χ0) is 28.1. The van der Waals surface area contributed by atoms with E-state index in [1.807, 2.05) is 19.1 Å². The van der Waals surface area contributed by atoms with E-state index in [1.165, 1.54) is 35.3 Å². The second-order valence-corrected chi connectivity index (χ2v) is 11.5. The molecule has 0 radical (unpaired) electrons. The van der Waals surface area contributed by atoms with Crippen molar-refractivity contribution in [2.45, 2.75) is 25.8 Å². The average Bonchev–Trinajstić information content (AvgIpc) is 3.63. The van der Waals surface area contributed by atoms with E-state index in [0.29, 0.717) is 16.9 Å². The summed E-state index contributed by atoms with van der Waals surface area (Å²) in [6.45, 7) is 5.64. The van der Waals surface area contributed by atoms with Gasteiger partial charge in [0.05, 0.1) is 0 Å². The number of hydrogen-bond acceptors (Lipinski definition) is 10. The van der Waals surface area contributed by atoms with Crippen molar-refractivity contribution in [1.29, 1.82) is 5.26 Å². The van der Waals surface area contributed by atoms with Crippen LogP contribution in [0.2, 0.25) is 0 Å². The smallest absolute Gasteiger partial charge is 0.147 e. The first-order valence-corrected chi connectivity index (χ1v) is 14.8. The molecule has 2 saturated heterocycles. The molecule has 5 aromatic rings. The molecule has 41 heavy (non-hydrogen) atoms. The second-order valence-electron chi connectivity index (χ2n) is 10.3. The van der Waals surface area contributed by atoms with Crippen LogP contribution in [0.4, 0.5) is 21.8 Å². The first kappa shape index (κ1) is 25.6. The van der Waals surface area contributed by atoms with Crippen LogP contribution >= 0.6 is 0 Å². The molecule has 13 heteroatoms. The summed E-state index contributed by atoms with van der Waals surface area (Å²) >= 11 is 1.31. The molecule has 6 heterocycles. The Morgan fingerprint density at radius 2 is 1.80 bits per heavy atom. The molecule has 2 fully saturated rings. The average molecular weight is 612 g/mol. The van der Waals surface area contributed by atoms with Crippen LogP contribution in [0.25, 0.3) is 16.6 Å². The molecule has 0 saturated carbocycles. The number of hydrogen-bond donors (Lipinski definition) is 0. The van der Waals surface area contributed by atoms with Crippen LogP contribution in [0.1, 0.15) is 35.8 Å². The second kappa shape index (κ2) is 10.2. The van der Waals surface area contributed by atoms with Crippen molar-refractivity contribution < 1.29 is 4.39 Å². The molecule has 206 valence electrons. The van der Waals surface area contributed by atoms with Gasteiger partial charge in [0.1, 0.15) is 0 Å². The number of aryl methyl sites for hydroxylation is 1. The van der Waals surface area contributed by atoms with Gasteiger partial charge in [0.15, 0.2) is 11.5 Å². The number of pyridine rings is 1. The summed E-state index contributed by atoms with van der Waals surface area (Å²) in [6, 6.07) is 13.1. The molecule has 2 aliphatic heterocycles. The van der Waals surface area contributed by atoms with E-state index >= 15 is 0 Å². The van der Waals surface area contributed by atoms with Gasteiger partial charge in [-0.2, -0.15) is 4.52 Å². The van der Waals surface area contributed by atoms with Crippen LogP contribution in [0.5, 0.6) is 0 Å². The molecular weight excluding hydrogens is 584 g/mol. The predicted octanol–water partition coefficient (Wildman–Crippen LogP) is 1.71. The minimum absolute atomic E-state index is 0.0142. The Balaban J connectivity index is 1.24. The van der Waals surface area contributed by atoms with E-state index in [4.69, 9.17) is 10.1 Å². The fourth-order valence-electron chi connectivity index (χ4n) is 5.91. The first-order valence-electron chi connectivity index (χ1n) is 13.6. The van der Waals surface area contributed by atoms with E-state index in [-0.39, 0.29) is 11.9 Å². The Morgan fingerprint density at radius 3 is 2.63 bits per heavy atom. The Bertz CT molecular complexity index is 1830. The molecule has 2 unspecified atom stereocenters. The van der Waals surface area contributed by atoms with Gasteiger partial charge >= 0.3 is 194 Å². The number of fused-ring (bicyclic) bond motifs is 2. The van der Waals surface area contributed by atoms with Crippen molar-refractivity contribution in [2.75, 3.05) is 47.4 Å². The van der Waals surface area contributed by atoms with Crippen LogP contribution in [-0.4, -0.2) is 84.3 Å². The molecule has 2 atom stereocenters. The third-order valence-corrected chi connectivity index (χ3v) is 8.87. The normalized spacial score (nSPS) is 17.5. The standard InChI is InChI=1S/C28H27AsFN11/c1-17-35-36-24-6-7-25(37-41(17)24)38-9-11-39(12-10-38)28-20(13-18-4-5-19(30)14-22(18)34-28)23-3-2-8-40(23)27-21(15-31)26(29)32-16-33-27/h4-7,13-14,16,23H,2-3,8-12,29H2,1H3. The fraction of sp³-hybridized carbons (Fsp3) is 0.321. The third-order valence-electron chi connectivity index (χ3n) is 7.95. The SMILES string of the molecule is Cc1nnc2ccc(N3CCN(c4nc5cc(F)ccc5cc4C4CCCN4c4ncnc([AsH2])c4C#N)CC3)nn12. The number of aromatic nitrogens is 7. The number of nitriles is 1. The zero-order valence-electron chi connectivity index (χ0n) is 22.4. The summed E-state index contributed by atoms with van der Waals surface area (Å²) in [5, 5.41) is 23.8.